The molecule has 0 radical (unpaired) electrons. The quantitative estimate of drug-likeness (QED) is 0.746. The van der Waals surface area contributed by atoms with E-state index in [1.165, 1.54) is 25.3 Å². The summed E-state index contributed by atoms with van der Waals surface area (Å²) in [5.74, 6) is -0.203. The molecule has 0 bridgehead atoms. The predicted molar refractivity (Wildman–Crippen MR) is 109 cm³/mol. The van der Waals surface area contributed by atoms with Crippen molar-refractivity contribution in [1.82, 2.24) is 10.0 Å². The summed E-state index contributed by atoms with van der Waals surface area (Å²) in [7, 11) is -2.10. The van der Waals surface area contributed by atoms with Gasteiger partial charge < -0.3 is 5.32 Å². The van der Waals surface area contributed by atoms with Crippen molar-refractivity contribution in [1.29, 1.82) is 0 Å². The van der Waals surface area contributed by atoms with Crippen LogP contribution in [0.2, 0.25) is 0 Å². The van der Waals surface area contributed by atoms with Crippen molar-refractivity contribution in [3.05, 3.63) is 71.8 Å². The van der Waals surface area contributed by atoms with E-state index in [9.17, 15) is 13.2 Å². The van der Waals surface area contributed by atoms with Crippen LogP contribution in [-0.2, 0) is 14.8 Å². The van der Waals surface area contributed by atoms with E-state index in [4.69, 9.17) is 0 Å². The fraction of sp³-hybridized carbons (Fsp3) is 0.286. The Kier molecular flexibility index (Phi) is 6.57. The maximum Gasteiger partial charge on any atom is 0.244 e. The first-order valence-corrected chi connectivity index (χ1v) is 10.2. The molecular formula is C21H26N2O3S. The fourth-order valence-electron chi connectivity index (χ4n) is 2.68. The Morgan fingerprint density at radius 1 is 1.00 bits per heavy atom. The molecule has 5 nitrogen and oxygen atoms in total. The lowest BCUT2D eigenvalue weighted by molar-refractivity contribution is -0.117. The summed E-state index contributed by atoms with van der Waals surface area (Å²) >= 11 is 0. The van der Waals surface area contributed by atoms with Crippen LogP contribution in [0.25, 0.3) is 6.08 Å². The van der Waals surface area contributed by atoms with Gasteiger partial charge in [0, 0.05) is 6.08 Å². The molecule has 144 valence electrons. The van der Waals surface area contributed by atoms with Gasteiger partial charge >= 0.3 is 0 Å². The van der Waals surface area contributed by atoms with Crippen LogP contribution in [0.4, 0.5) is 0 Å². The number of rotatable bonds is 6. The molecule has 0 aliphatic carbocycles. The van der Waals surface area contributed by atoms with E-state index in [0.29, 0.717) is 0 Å². The highest BCUT2D eigenvalue weighted by atomic mass is 32.2. The number of nitrogens with one attached hydrogen (secondary N) is 2. The second-order valence-corrected chi connectivity index (χ2v) is 9.21. The molecule has 2 rings (SSSR count). The fourth-order valence-corrected chi connectivity index (χ4v) is 3.41. The lowest BCUT2D eigenvalue weighted by atomic mass is 9.82. The van der Waals surface area contributed by atoms with Crippen LogP contribution in [0, 0.1) is 5.41 Å². The molecule has 0 fully saturated rings. The SMILES string of the molecule is CNS(=O)(=O)c1ccc(/C=C/C(=O)NC(c2ccccc2)C(C)(C)C)cc1. The maximum absolute atomic E-state index is 12.4. The number of carbonyl (C=O) groups excluding carboxylic acids is 1. The molecular weight excluding hydrogens is 360 g/mol. The zero-order valence-corrected chi connectivity index (χ0v) is 16.9. The average Bonchev–Trinajstić information content (AvgIpc) is 2.64. The standard InChI is InChI=1S/C21H26N2O3S/c1-21(2,3)20(17-8-6-5-7-9-17)23-19(24)15-12-16-10-13-18(14-11-16)27(25,26)22-4/h5-15,20,22H,1-4H3,(H,23,24)/b15-12+. The minimum atomic E-state index is -3.46. The minimum absolute atomic E-state index is 0.126. The number of hydrogen-bond donors (Lipinski definition) is 2. The van der Waals surface area contributed by atoms with E-state index >= 15 is 0 Å². The highest BCUT2D eigenvalue weighted by Crippen LogP contribution is 2.32. The van der Waals surface area contributed by atoms with Crippen molar-refractivity contribution in [3.63, 3.8) is 0 Å². The summed E-state index contributed by atoms with van der Waals surface area (Å²) < 4.78 is 25.7. The number of benzene rings is 2. The molecule has 27 heavy (non-hydrogen) atoms. The molecule has 6 heteroatoms. The zero-order chi connectivity index (χ0) is 20.1. The van der Waals surface area contributed by atoms with Gasteiger partial charge in [-0.05, 0) is 41.8 Å². The highest BCUT2D eigenvalue weighted by molar-refractivity contribution is 7.89. The zero-order valence-electron chi connectivity index (χ0n) is 16.1. The lowest BCUT2D eigenvalue weighted by Crippen LogP contribution is -2.35. The van der Waals surface area contributed by atoms with Gasteiger partial charge in [0.15, 0.2) is 0 Å². The van der Waals surface area contributed by atoms with Gasteiger partial charge in [0.25, 0.3) is 0 Å². The van der Waals surface area contributed by atoms with Crippen molar-refractivity contribution >= 4 is 22.0 Å². The van der Waals surface area contributed by atoms with Crippen LogP contribution >= 0.6 is 0 Å². The van der Waals surface area contributed by atoms with Crippen LogP contribution in [0.3, 0.4) is 0 Å². The van der Waals surface area contributed by atoms with Crippen LogP contribution in [0.15, 0.2) is 65.6 Å². The van der Waals surface area contributed by atoms with Gasteiger partial charge in [0.1, 0.15) is 0 Å². The Labute approximate surface area is 161 Å². The third-order valence-corrected chi connectivity index (χ3v) is 5.60. The molecule has 2 aromatic carbocycles. The molecule has 0 saturated carbocycles. The third-order valence-electron chi connectivity index (χ3n) is 4.17. The van der Waals surface area contributed by atoms with Crippen molar-refractivity contribution in [2.75, 3.05) is 7.05 Å². The summed E-state index contributed by atoms with van der Waals surface area (Å²) in [5.41, 5.74) is 1.65. The van der Waals surface area contributed by atoms with Gasteiger partial charge in [-0.25, -0.2) is 13.1 Å². The van der Waals surface area contributed by atoms with Crippen LogP contribution < -0.4 is 10.0 Å². The molecule has 1 amide bonds. The molecule has 0 aromatic heterocycles. The second-order valence-electron chi connectivity index (χ2n) is 7.33. The Balaban J connectivity index is 2.11. The van der Waals surface area contributed by atoms with Crippen molar-refractivity contribution in [3.8, 4) is 0 Å². The largest absolute Gasteiger partial charge is 0.345 e. The van der Waals surface area contributed by atoms with E-state index in [-0.39, 0.29) is 22.3 Å². The third kappa shape index (κ3) is 5.77. The van der Waals surface area contributed by atoms with Crippen molar-refractivity contribution in [2.24, 2.45) is 5.41 Å². The monoisotopic (exact) mass is 386 g/mol. The van der Waals surface area contributed by atoms with Crippen LogP contribution in [0.5, 0.6) is 0 Å². The van der Waals surface area contributed by atoms with Gasteiger partial charge in [-0.3, -0.25) is 4.79 Å². The molecule has 0 heterocycles. The van der Waals surface area contributed by atoms with Crippen LogP contribution in [0.1, 0.15) is 37.9 Å². The average molecular weight is 387 g/mol. The molecule has 2 aromatic rings. The maximum atomic E-state index is 12.4. The van der Waals surface area contributed by atoms with Crippen molar-refractivity contribution in [2.45, 2.75) is 31.7 Å². The topological polar surface area (TPSA) is 75.3 Å². The predicted octanol–water partition coefficient (Wildman–Crippen LogP) is 3.51. The van der Waals surface area contributed by atoms with E-state index in [2.05, 4.69) is 30.8 Å². The summed E-state index contributed by atoms with van der Waals surface area (Å²) in [6.07, 6.45) is 3.12. The number of hydrogen-bond acceptors (Lipinski definition) is 3. The molecule has 1 unspecified atom stereocenters. The second kappa shape index (κ2) is 8.50. The van der Waals surface area contributed by atoms with E-state index < -0.39 is 10.0 Å². The van der Waals surface area contributed by atoms with Gasteiger partial charge in [-0.2, -0.15) is 0 Å². The van der Waals surface area contributed by atoms with Gasteiger partial charge in [-0.15, -0.1) is 0 Å². The van der Waals surface area contributed by atoms with Gasteiger partial charge in [0.2, 0.25) is 15.9 Å². The minimum Gasteiger partial charge on any atom is -0.345 e. The Morgan fingerprint density at radius 3 is 2.11 bits per heavy atom. The number of carbonyl (C=O) groups is 1. The smallest absolute Gasteiger partial charge is 0.244 e. The summed E-state index contributed by atoms with van der Waals surface area (Å²) in [6, 6.07) is 16.1. The normalized spacial score (nSPS) is 13.5. The first-order chi connectivity index (χ1) is 12.6. The number of sulfonamides is 1. The molecule has 0 spiro atoms. The lowest BCUT2D eigenvalue weighted by Gasteiger charge is -2.31. The first-order valence-electron chi connectivity index (χ1n) is 8.70. The summed E-state index contributed by atoms with van der Waals surface area (Å²) in [5, 5.41) is 3.06. The summed E-state index contributed by atoms with van der Waals surface area (Å²) in [6.45, 7) is 6.24. The highest BCUT2D eigenvalue weighted by Gasteiger charge is 2.27. The van der Waals surface area contributed by atoms with Gasteiger partial charge in [0.05, 0.1) is 10.9 Å². The molecule has 1 atom stereocenters. The Bertz CT molecular complexity index is 897. The van der Waals surface area contributed by atoms with Crippen molar-refractivity contribution < 1.29 is 13.2 Å². The van der Waals surface area contributed by atoms with E-state index in [1.807, 2.05) is 30.3 Å². The summed E-state index contributed by atoms with van der Waals surface area (Å²) in [4.78, 5) is 12.6. The molecule has 2 N–H and O–H groups in total. The molecule has 0 saturated heterocycles. The first kappa shape index (κ1) is 20.9. The molecule has 0 aliphatic rings. The van der Waals surface area contributed by atoms with Crippen LogP contribution in [-0.4, -0.2) is 21.4 Å². The Morgan fingerprint density at radius 2 is 1.59 bits per heavy atom. The number of amides is 1. The molecule has 0 aliphatic heterocycles. The Hall–Kier alpha value is -2.44. The van der Waals surface area contributed by atoms with Gasteiger partial charge in [-0.1, -0.05) is 63.2 Å². The van der Waals surface area contributed by atoms with E-state index in [0.717, 1.165) is 11.1 Å². The van der Waals surface area contributed by atoms with E-state index in [1.54, 1.807) is 18.2 Å².